The number of nitrogens with one attached hydrogen (secondary N) is 1. The van der Waals surface area contributed by atoms with Crippen molar-refractivity contribution in [3.05, 3.63) is 48.0 Å². The van der Waals surface area contributed by atoms with E-state index in [1.165, 1.54) is 16.7 Å². The number of carbonyl (C=O) groups excluding carboxylic acids is 2. The van der Waals surface area contributed by atoms with Crippen molar-refractivity contribution in [2.24, 2.45) is 0 Å². The first-order valence-corrected chi connectivity index (χ1v) is 11.9. The van der Waals surface area contributed by atoms with Crippen LogP contribution >= 0.6 is 0 Å². The average Bonchev–Trinajstić information content (AvgIpc) is 3.24. The molecule has 1 atom stereocenters. The quantitative estimate of drug-likeness (QED) is 0.434. The van der Waals surface area contributed by atoms with Gasteiger partial charge in [-0.05, 0) is 57.5 Å². The lowest BCUT2D eigenvalue weighted by molar-refractivity contribution is -0.142. The van der Waals surface area contributed by atoms with Crippen LogP contribution in [0.2, 0.25) is 0 Å². The lowest BCUT2D eigenvalue weighted by Gasteiger charge is -2.34. The molecular formula is C26H35N5O5. The molecule has 0 fully saturated rings. The first-order valence-electron chi connectivity index (χ1n) is 11.9. The molecule has 2 aromatic carbocycles. The zero-order valence-electron chi connectivity index (χ0n) is 21.8. The maximum Gasteiger partial charge on any atom is 0.247 e. The van der Waals surface area contributed by atoms with Crippen LogP contribution in [0.4, 0.5) is 0 Å². The van der Waals surface area contributed by atoms with Gasteiger partial charge in [0.25, 0.3) is 0 Å². The summed E-state index contributed by atoms with van der Waals surface area (Å²) in [4.78, 5) is 28.9. The van der Waals surface area contributed by atoms with Crippen LogP contribution in [0, 0.1) is 0 Å². The maximum absolute atomic E-state index is 13.7. The molecule has 0 saturated heterocycles. The van der Waals surface area contributed by atoms with Crippen molar-refractivity contribution < 1.29 is 23.8 Å². The predicted octanol–water partition coefficient (Wildman–Crippen LogP) is 2.97. The Hall–Kier alpha value is -3.66. The summed E-state index contributed by atoms with van der Waals surface area (Å²) >= 11 is 0. The average molecular weight is 498 g/mol. The molecule has 1 N–H and O–H groups in total. The Morgan fingerprint density at radius 1 is 1.11 bits per heavy atom. The maximum atomic E-state index is 13.7. The minimum atomic E-state index is -0.939. The van der Waals surface area contributed by atoms with Crippen LogP contribution in [0.25, 0.3) is 11.0 Å². The second kappa shape index (κ2) is 11.9. The summed E-state index contributed by atoms with van der Waals surface area (Å²) in [6.45, 7) is 8.38. The summed E-state index contributed by atoms with van der Waals surface area (Å²) in [5, 5.41) is 11.3. The fraction of sp³-hybridized carbons (Fsp3) is 0.462. The molecule has 1 aromatic heterocycles. The molecule has 0 aliphatic heterocycles. The molecule has 10 heteroatoms. The predicted molar refractivity (Wildman–Crippen MR) is 136 cm³/mol. The van der Waals surface area contributed by atoms with Gasteiger partial charge in [0, 0.05) is 19.2 Å². The number of rotatable bonds is 11. The van der Waals surface area contributed by atoms with Gasteiger partial charge in [-0.15, -0.1) is 5.10 Å². The van der Waals surface area contributed by atoms with Crippen molar-refractivity contribution in [2.75, 3.05) is 34.0 Å². The summed E-state index contributed by atoms with van der Waals surface area (Å²) in [5.41, 5.74) is 1.50. The molecule has 0 bridgehead atoms. The normalized spacial score (nSPS) is 12.3. The molecule has 194 valence electrons. The number of nitrogens with zero attached hydrogens (tertiary/aromatic N) is 4. The Kier molecular flexibility index (Phi) is 8.87. The number of para-hydroxylation sites is 1. The van der Waals surface area contributed by atoms with Gasteiger partial charge in [0.2, 0.25) is 11.8 Å². The van der Waals surface area contributed by atoms with Crippen LogP contribution < -0.4 is 14.8 Å². The van der Waals surface area contributed by atoms with Crippen molar-refractivity contribution in [2.45, 2.75) is 45.8 Å². The van der Waals surface area contributed by atoms with Gasteiger partial charge in [-0.2, -0.15) is 0 Å². The highest BCUT2D eigenvalue weighted by molar-refractivity contribution is 5.89. The van der Waals surface area contributed by atoms with Gasteiger partial charge in [0.15, 0.2) is 11.5 Å². The molecule has 2 amide bonds. The summed E-state index contributed by atoms with van der Waals surface area (Å²) < 4.78 is 18.0. The van der Waals surface area contributed by atoms with Gasteiger partial charge in [-0.25, -0.2) is 4.68 Å². The molecule has 0 spiro atoms. The molecule has 0 aliphatic rings. The summed E-state index contributed by atoms with van der Waals surface area (Å²) in [6.07, 6.45) is 0. The standard InChI is InChI=1S/C26H35N5O5/c1-7-36-21-13-12-18(16-22(21)35-6)24(25(33)27-26(2,3)4)30(14-15-34-5)23(32)17-31-20-11-9-8-10-19(20)28-29-31/h8-13,16,24H,7,14-15,17H2,1-6H3,(H,27,33)/t24-/m0/s1. The fourth-order valence-corrected chi connectivity index (χ4v) is 3.88. The minimum Gasteiger partial charge on any atom is -0.493 e. The summed E-state index contributed by atoms with van der Waals surface area (Å²) in [6, 6.07) is 11.7. The molecule has 0 unspecified atom stereocenters. The molecule has 3 aromatic rings. The zero-order valence-corrected chi connectivity index (χ0v) is 21.8. The van der Waals surface area contributed by atoms with E-state index in [0.29, 0.717) is 29.2 Å². The van der Waals surface area contributed by atoms with Gasteiger partial charge >= 0.3 is 0 Å². The van der Waals surface area contributed by atoms with E-state index in [2.05, 4.69) is 15.6 Å². The van der Waals surface area contributed by atoms with E-state index in [1.807, 2.05) is 52.0 Å². The molecule has 1 heterocycles. The minimum absolute atomic E-state index is 0.0856. The molecular weight excluding hydrogens is 462 g/mol. The van der Waals surface area contributed by atoms with E-state index in [9.17, 15) is 9.59 Å². The van der Waals surface area contributed by atoms with Crippen molar-refractivity contribution >= 4 is 22.8 Å². The molecule has 36 heavy (non-hydrogen) atoms. The third-order valence-corrected chi connectivity index (χ3v) is 5.42. The number of hydrogen-bond acceptors (Lipinski definition) is 7. The Labute approximate surface area is 211 Å². The molecule has 3 rings (SSSR count). The van der Waals surface area contributed by atoms with Crippen LogP contribution in [0.15, 0.2) is 42.5 Å². The topological polar surface area (TPSA) is 108 Å². The smallest absolute Gasteiger partial charge is 0.247 e. The second-order valence-electron chi connectivity index (χ2n) is 9.30. The number of aromatic nitrogens is 3. The van der Waals surface area contributed by atoms with Crippen LogP contribution in [0.1, 0.15) is 39.3 Å². The van der Waals surface area contributed by atoms with E-state index in [4.69, 9.17) is 14.2 Å². The number of benzene rings is 2. The van der Waals surface area contributed by atoms with Crippen molar-refractivity contribution in [1.82, 2.24) is 25.2 Å². The number of hydrogen-bond donors (Lipinski definition) is 1. The van der Waals surface area contributed by atoms with E-state index < -0.39 is 11.6 Å². The highest BCUT2D eigenvalue weighted by atomic mass is 16.5. The second-order valence-corrected chi connectivity index (χ2v) is 9.30. The van der Waals surface area contributed by atoms with E-state index >= 15 is 0 Å². The Morgan fingerprint density at radius 3 is 2.53 bits per heavy atom. The number of ether oxygens (including phenoxy) is 3. The molecule has 0 saturated carbocycles. The highest BCUT2D eigenvalue weighted by Gasteiger charge is 2.34. The Bertz CT molecular complexity index is 1190. The van der Waals surface area contributed by atoms with Gasteiger partial charge in [-0.1, -0.05) is 23.4 Å². The number of methoxy groups -OCH3 is 2. The van der Waals surface area contributed by atoms with E-state index in [1.54, 1.807) is 25.3 Å². The van der Waals surface area contributed by atoms with Crippen LogP contribution in [-0.4, -0.2) is 71.2 Å². The third-order valence-electron chi connectivity index (χ3n) is 5.42. The summed E-state index contributed by atoms with van der Waals surface area (Å²) in [7, 11) is 3.09. The van der Waals surface area contributed by atoms with Crippen molar-refractivity contribution in [1.29, 1.82) is 0 Å². The third kappa shape index (κ3) is 6.51. The number of carbonyl (C=O) groups is 2. The van der Waals surface area contributed by atoms with Crippen LogP contribution in [0.5, 0.6) is 11.5 Å². The lowest BCUT2D eigenvalue weighted by Crippen LogP contribution is -2.50. The van der Waals surface area contributed by atoms with Gasteiger partial charge in [0.1, 0.15) is 18.1 Å². The molecule has 0 aliphatic carbocycles. The first-order chi connectivity index (χ1) is 17.2. The van der Waals surface area contributed by atoms with Crippen LogP contribution in [0.3, 0.4) is 0 Å². The van der Waals surface area contributed by atoms with Gasteiger partial charge in [0.05, 0.1) is 25.8 Å². The van der Waals surface area contributed by atoms with E-state index in [-0.39, 0.29) is 31.5 Å². The first kappa shape index (κ1) is 26.9. The summed E-state index contributed by atoms with van der Waals surface area (Å²) in [5.74, 6) is 0.415. The Balaban J connectivity index is 2.04. The van der Waals surface area contributed by atoms with Crippen molar-refractivity contribution in [3.8, 4) is 11.5 Å². The molecule has 10 nitrogen and oxygen atoms in total. The SMILES string of the molecule is CCOc1ccc([C@@H](C(=O)NC(C)(C)C)N(CCOC)C(=O)Cn2nnc3ccccc32)cc1OC. The largest absolute Gasteiger partial charge is 0.493 e. The fourth-order valence-electron chi connectivity index (χ4n) is 3.88. The van der Waals surface area contributed by atoms with Gasteiger partial charge in [-0.3, -0.25) is 9.59 Å². The van der Waals surface area contributed by atoms with Gasteiger partial charge < -0.3 is 24.4 Å². The Morgan fingerprint density at radius 2 is 1.86 bits per heavy atom. The number of amides is 2. The van der Waals surface area contributed by atoms with Crippen LogP contribution in [-0.2, 0) is 20.9 Å². The van der Waals surface area contributed by atoms with E-state index in [0.717, 1.165) is 5.52 Å². The molecule has 0 radical (unpaired) electrons. The lowest BCUT2D eigenvalue weighted by atomic mass is 10.0. The highest BCUT2D eigenvalue weighted by Crippen LogP contribution is 2.33. The monoisotopic (exact) mass is 497 g/mol. The zero-order chi connectivity index (χ0) is 26.3. The number of fused-ring (bicyclic) bond motifs is 1. The van der Waals surface area contributed by atoms with Crippen molar-refractivity contribution in [3.63, 3.8) is 0 Å².